The molecule has 10 nitrogen and oxygen atoms in total. The fourth-order valence-electron chi connectivity index (χ4n) is 5.33. The van der Waals surface area contributed by atoms with Crippen LogP contribution in [0.25, 0.3) is 0 Å². The topological polar surface area (TPSA) is 109 Å². The molecule has 0 radical (unpaired) electrons. The smallest absolute Gasteiger partial charge is 0.244 e. The number of hydrogen-bond acceptors (Lipinski definition) is 9. The number of fused-ring (bicyclic) bond motifs is 1. The van der Waals surface area contributed by atoms with Crippen molar-refractivity contribution < 1.29 is 17.9 Å². The van der Waals surface area contributed by atoms with Crippen molar-refractivity contribution in [1.82, 2.24) is 19.2 Å². The number of nitrogens with one attached hydrogen (secondary N) is 2. The van der Waals surface area contributed by atoms with E-state index in [1.54, 1.807) is 25.3 Å². The number of halogens is 1. The number of methoxy groups -OCH3 is 1. The normalized spacial score (nSPS) is 18.2. The first-order chi connectivity index (χ1) is 19.3. The molecule has 1 aliphatic carbocycles. The Bertz CT molecular complexity index is 1460. The molecule has 214 valence electrons. The van der Waals surface area contributed by atoms with Crippen LogP contribution in [0.4, 0.5) is 23.1 Å². The lowest BCUT2D eigenvalue weighted by molar-refractivity contribution is 0.0148. The molecule has 5 rings (SSSR count). The highest BCUT2D eigenvalue weighted by atomic mass is 35.5. The molecule has 1 aromatic heterocycles. The number of ether oxygens (including phenoxy) is 2. The molecule has 2 aromatic carbocycles. The summed E-state index contributed by atoms with van der Waals surface area (Å²) in [7, 11) is 0.975. The van der Waals surface area contributed by atoms with Crippen LogP contribution in [0.15, 0.2) is 47.5 Å². The van der Waals surface area contributed by atoms with Gasteiger partial charge in [-0.15, -0.1) is 0 Å². The molecule has 1 fully saturated rings. The average molecular weight is 587 g/mol. The Morgan fingerprint density at radius 1 is 1.10 bits per heavy atom. The van der Waals surface area contributed by atoms with Crippen molar-refractivity contribution in [3.8, 4) is 5.75 Å². The number of morpholine rings is 1. The first kappa shape index (κ1) is 28.6. The first-order valence-electron chi connectivity index (χ1n) is 13.4. The number of hydrogen-bond donors (Lipinski definition) is 2. The highest BCUT2D eigenvalue weighted by molar-refractivity contribution is 7.89. The Morgan fingerprint density at radius 3 is 2.62 bits per heavy atom. The lowest BCUT2D eigenvalue weighted by Crippen LogP contribution is -2.44. The Kier molecular flexibility index (Phi) is 8.77. The van der Waals surface area contributed by atoms with E-state index in [1.807, 2.05) is 6.07 Å². The molecule has 0 bridgehead atoms. The first-order valence-corrected chi connectivity index (χ1v) is 15.2. The molecule has 2 heterocycles. The van der Waals surface area contributed by atoms with Gasteiger partial charge >= 0.3 is 0 Å². The van der Waals surface area contributed by atoms with Gasteiger partial charge in [0.25, 0.3) is 0 Å². The van der Waals surface area contributed by atoms with Crippen LogP contribution < -0.4 is 15.4 Å². The van der Waals surface area contributed by atoms with Crippen LogP contribution in [0.2, 0.25) is 5.02 Å². The minimum atomic E-state index is -3.69. The van der Waals surface area contributed by atoms with Crippen LogP contribution in [0.1, 0.15) is 24.0 Å². The molecular formula is C28H35ClN6O4S. The van der Waals surface area contributed by atoms with Crippen LogP contribution in [0.5, 0.6) is 5.75 Å². The van der Waals surface area contributed by atoms with Crippen molar-refractivity contribution in [3.05, 3.63) is 58.7 Å². The van der Waals surface area contributed by atoms with Gasteiger partial charge in [-0.05, 0) is 49.4 Å². The van der Waals surface area contributed by atoms with E-state index in [9.17, 15) is 8.42 Å². The van der Waals surface area contributed by atoms with Crippen LogP contribution >= 0.6 is 11.6 Å². The Morgan fingerprint density at radius 2 is 1.88 bits per heavy atom. The van der Waals surface area contributed by atoms with Crippen molar-refractivity contribution in [2.24, 2.45) is 0 Å². The van der Waals surface area contributed by atoms with Gasteiger partial charge < -0.3 is 20.1 Å². The SMILES string of the molecule is COc1c(Nc2ncc(Cl)c(Nc3ccccc3S(=O)(=O)N(C)C)n2)ccc2c1CC(N1CCOCC1)CCC2. The third-order valence-electron chi connectivity index (χ3n) is 7.44. The Balaban J connectivity index is 1.43. The predicted molar refractivity (Wildman–Crippen MR) is 157 cm³/mol. The highest BCUT2D eigenvalue weighted by Crippen LogP contribution is 2.38. The molecule has 1 atom stereocenters. The molecule has 2 N–H and O–H groups in total. The predicted octanol–water partition coefficient (Wildman–Crippen LogP) is 4.46. The quantitative estimate of drug-likeness (QED) is 0.370. The van der Waals surface area contributed by atoms with Crippen molar-refractivity contribution in [1.29, 1.82) is 0 Å². The average Bonchev–Trinajstić information content (AvgIpc) is 3.18. The Hall–Kier alpha value is -2.96. The second-order valence-corrected chi connectivity index (χ2v) is 12.6. The van der Waals surface area contributed by atoms with Crippen LogP contribution in [0.3, 0.4) is 0 Å². The molecule has 0 saturated carbocycles. The van der Waals surface area contributed by atoms with E-state index in [2.05, 4.69) is 31.6 Å². The third kappa shape index (κ3) is 6.03. The summed E-state index contributed by atoms with van der Waals surface area (Å²) in [5.41, 5.74) is 3.63. The van der Waals surface area contributed by atoms with Gasteiger partial charge in [0.15, 0.2) is 5.82 Å². The third-order valence-corrected chi connectivity index (χ3v) is 9.59. The number of anilines is 4. The van der Waals surface area contributed by atoms with Crippen molar-refractivity contribution in [2.45, 2.75) is 36.6 Å². The molecular weight excluding hydrogens is 552 g/mol. The van der Waals surface area contributed by atoms with E-state index in [1.165, 1.54) is 37.5 Å². The fourth-order valence-corrected chi connectivity index (χ4v) is 6.51. The van der Waals surface area contributed by atoms with E-state index in [4.69, 9.17) is 21.1 Å². The minimum Gasteiger partial charge on any atom is -0.494 e. The largest absolute Gasteiger partial charge is 0.494 e. The highest BCUT2D eigenvalue weighted by Gasteiger charge is 2.27. The summed E-state index contributed by atoms with van der Waals surface area (Å²) < 4.78 is 38.4. The molecule has 2 aliphatic rings. The summed E-state index contributed by atoms with van der Waals surface area (Å²) in [5, 5.41) is 6.63. The molecule has 40 heavy (non-hydrogen) atoms. The summed E-state index contributed by atoms with van der Waals surface area (Å²) in [6.07, 6.45) is 5.66. The number of rotatable bonds is 8. The van der Waals surface area contributed by atoms with Gasteiger partial charge in [-0.25, -0.2) is 17.7 Å². The van der Waals surface area contributed by atoms with Gasteiger partial charge in [0.2, 0.25) is 16.0 Å². The van der Waals surface area contributed by atoms with Gasteiger partial charge in [0.1, 0.15) is 15.7 Å². The fraction of sp³-hybridized carbons (Fsp3) is 0.429. The molecule has 1 saturated heterocycles. The zero-order valence-electron chi connectivity index (χ0n) is 23.0. The minimum absolute atomic E-state index is 0.117. The van der Waals surface area contributed by atoms with Gasteiger partial charge in [-0.3, -0.25) is 4.90 Å². The number of para-hydroxylation sites is 1. The zero-order chi connectivity index (χ0) is 28.3. The summed E-state index contributed by atoms with van der Waals surface area (Å²) in [6.45, 7) is 3.46. The van der Waals surface area contributed by atoms with Gasteiger partial charge in [-0.1, -0.05) is 29.8 Å². The van der Waals surface area contributed by atoms with E-state index < -0.39 is 10.0 Å². The second-order valence-electron chi connectivity index (χ2n) is 10.1. The summed E-state index contributed by atoms with van der Waals surface area (Å²) >= 11 is 6.43. The molecule has 1 unspecified atom stereocenters. The molecule has 3 aromatic rings. The number of aromatic nitrogens is 2. The maximum atomic E-state index is 12.9. The number of aryl methyl sites for hydroxylation is 1. The summed E-state index contributed by atoms with van der Waals surface area (Å²) in [6, 6.07) is 11.2. The standard InChI is InChI=1S/C28H35ClN6O4S/c1-34(2)40(36,37)25-10-5-4-9-23(25)31-27-22(29)18-30-28(33-27)32-24-12-11-19-7-6-8-20(17-21(19)26(24)38-3)35-13-15-39-16-14-35/h4-5,9-12,18,20H,6-8,13-17H2,1-3H3,(H2,30,31,32,33). The summed E-state index contributed by atoms with van der Waals surface area (Å²) in [4.78, 5) is 11.6. The van der Waals surface area contributed by atoms with E-state index in [-0.39, 0.29) is 15.7 Å². The maximum Gasteiger partial charge on any atom is 0.244 e. The van der Waals surface area contributed by atoms with Crippen LogP contribution in [0, 0.1) is 0 Å². The Labute approximate surface area is 240 Å². The monoisotopic (exact) mass is 586 g/mol. The molecule has 0 amide bonds. The lowest BCUT2D eigenvalue weighted by Gasteiger charge is -2.34. The number of sulfonamides is 1. The van der Waals surface area contributed by atoms with Crippen molar-refractivity contribution >= 4 is 44.8 Å². The van der Waals surface area contributed by atoms with E-state index >= 15 is 0 Å². The van der Waals surface area contributed by atoms with Crippen molar-refractivity contribution in [3.63, 3.8) is 0 Å². The number of benzene rings is 2. The zero-order valence-corrected chi connectivity index (χ0v) is 24.6. The van der Waals surface area contributed by atoms with E-state index in [0.29, 0.717) is 17.7 Å². The van der Waals surface area contributed by atoms with Gasteiger partial charge in [0, 0.05) is 38.8 Å². The van der Waals surface area contributed by atoms with Gasteiger partial charge in [-0.2, -0.15) is 4.98 Å². The molecule has 12 heteroatoms. The summed E-state index contributed by atoms with van der Waals surface area (Å²) in [5.74, 6) is 1.37. The second kappa shape index (κ2) is 12.3. The van der Waals surface area contributed by atoms with Crippen LogP contribution in [-0.4, -0.2) is 81.1 Å². The molecule has 0 spiro atoms. The van der Waals surface area contributed by atoms with Gasteiger partial charge in [0.05, 0.1) is 37.9 Å². The molecule has 1 aliphatic heterocycles. The van der Waals surface area contributed by atoms with Crippen molar-refractivity contribution in [2.75, 3.05) is 58.1 Å². The number of nitrogens with zero attached hydrogens (tertiary/aromatic N) is 4. The van der Waals surface area contributed by atoms with E-state index in [0.717, 1.165) is 67.7 Å². The maximum absolute atomic E-state index is 12.9. The van der Waals surface area contributed by atoms with Crippen LogP contribution in [-0.2, 0) is 27.6 Å². The lowest BCUT2D eigenvalue weighted by atomic mass is 9.98.